The summed E-state index contributed by atoms with van der Waals surface area (Å²) in [6, 6.07) is 18.1. The molecule has 0 aliphatic carbocycles. The van der Waals surface area contributed by atoms with E-state index in [4.69, 9.17) is 0 Å². The van der Waals surface area contributed by atoms with Crippen molar-refractivity contribution in [3.63, 3.8) is 0 Å². The second-order valence-corrected chi connectivity index (χ2v) is 9.79. The Kier molecular flexibility index (Phi) is 5.67. The van der Waals surface area contributed by atoms with Crippen molar-refractivity contribution in [1.82, 2.24) is 4.90 Å². The van der Waals surface area contributed by atoms with Crippen molar-refractivity contribution in [1.29, 1.82) is 0 Å². The van der Waals surface area contributed by atoms with Gasteiger partial charge >= 0.3 is 0 Å². The summed E-state index contributed by atoms with van der Waals surface area (Å²) in [6.45, 7) is 0.304. The molecule has 2 aromatic carbocycles. The van der Waals surface area contributed by atoms with Crippen molar-refractivity contribution in [3.8, 4) is 0 Å². The fraction of sp³-hybridized carbons (Fsp3) is 0.318. The zero-order valence-electron chi connectivity index (χ0n) is 16.5. The highest BCUT2D eigenvalue weighted by atomic mass is 32.2. The van der Waals surface area contributed by atoms with Crippen molar-refractivity contribution >= 4 is 33.1 Å². The van der Waals surface area contributed by atoms with E-state index in [1.54, 1.807) is 29.2 Å². The highest BCUT2D eigenvalue weighted by Crippen LogP contribution is 2.24. The summed E-state index contributed by atoms with van der Waals surface area (Å²) < 4.78 is 24.1. The van der Waals surface area contributed by atoms with Gasteiger partial charge in [0.05, 0.1) is 17.2 Å². The number of sulfone groups is 1. The van der Waals surface area contributed by atoms with Crippen molar-refractivity contribution in [2.45, 2.75) is 31.8 Å². The number of hydrogen-bond acceptors (Lipinski definition) is 5. The van der Waals surface area contributed by atoms with Gasteiger partial charge in [-0.25, -0.2) is 13.4 Å². The SMILES string of the molecule is O=C1CCC(C(=O)N(Cc2ccccc2)[C@H]2CCS(=O)(=O)C2)=NN1c1ccccc1. The molecule has 8 heteroatoms. The van der Waals surface area contributed by atoms with Crippen LogP contribution >= 0.6 is 0 Å². The van der Waals surface area contributed by atoms with Crippen LogP contribution < -0.4 is 5.01 Å². The minimum Gasteiger partial charge on any atom is -0.329 e. The number of anilines is 1. The molecule has 7 nitrogen and oxygen atoms in total. The van der Waals surface area contributed by atoms with E-state index in [9.17, 15) is 18.0 Å². The summed E-state index contributed by atoms with van der Waals surface area (Å²) in [5.74, 6) is -0.442. The van der Waals surface area contributed by atoms with E-state index in [1.807, 2.05) is 36.4 Å². The van der Waals surface area contributed by atoms with Gasteiger partial charge in [0.15, 0.2) is 9.84 Å². The molecule has 1 saturated heterocycles. The van der Waals surface area contributed by atoms with Crippen LogP contribution in [-0.2, 0) is 26.0 Å². The maximum absolute atomic E-state index is 13.4. The van der Waals surface area contributed by atoms with Gasteiger partial charge < -0.3 is 4.90 Å². The zero-order chi connectivity index (χ0) is 21.1. The lowest BCUT2D eigenvalue weighted by Gasteiger charge is -2.31. The minimum atomic E-state index is -3.16. The van der Waals surface area contributed by atoms with Crippen molar-refractivity contribution in [2.24, 2.45) is 5.10 Å². The molecule has 0 N–H and O–H groups in total. The summed E-state index contributed by atoms with van der Waals surface area (Å²) in [4.78, 5) is 27.4. The summed E-state index contributed by atoms with van der Waals surface area (Å²) in [5, 5.41) is 5.63. The van der Waals surface area contributed by atoms with Gasteiger partial charge in [-0.15, -0.1) is 0 Å². The molecule has 4 rings (SSSR count). The first-order valence-corrected chi connectivity index (χ1v) is 11.8. The van der Waals surface area contributed by atoms with E-state index < -0.39 is 15.9 Å². The third-order valence-electron chi connectivity index (χ3n) is 5.39. The number of amides is 2. The number of para-hydroxylation sites is 1. The first kappa shape index (κ1) is 20.3. The molecule has 0 bridgehead atoms. The monoisotopic (exact) mass is 425 g/mol. The largest absolute Gasteiger partial charge is 0.329 e. The van der Waals surface area contributed by atoms with Crippen LogP contribution in [0.25, 0.3) is 0 Å². The van der Waals surface area contributed by atoms with Gasteiger partial charge in [0.25, 0.3) is 5.91 Å². The Hall–Kier alpha value is -3.00. The van der Waals surface area contributed by atoms with Gasteiger partial charge in [-0.05, 0) is 24.1 Å². The first-order valence-electron chi connectivity index (χ1n) is 9.94. The van der Waals surface area contributed by atoms with E-state index >= 15 is 0 Å². The normalized spacial score (nSPS) is 20.7. The quantitative estimate of drug-likeness (QED) is 0.736. The molecule has 1 fully saturated rings. The second-order valence-electron chi connectivity index (χ2n) is 7.56. The highest BCUT2D eigenvalue weighted by molar-refractivity contribution is 7.91. The van der Waals surface area contributed by atoms with Gasteiger partial charge in [-0.1, -0.05) is 48.5 Å². The topological polar surface area (TPSA) is 87.1 Å². The molecule has 0 aromatic heterocycles. The number of nitrogens with zero attached hydrogens (tertiary/aromatic N) is 3. The molecule has 30 heavy (non-hydrogen) atoms. The van der Waals surface area contributed by atoms with E-state index in [1.165, 1.54) is 5.01 Å². The second kappa shape index (κ2) is 8.39. The zero-order valence-corrected chi connectivity index (χ0v) is 17.3. The number of hydrogen-bond donors (Lipinski definition) is 0. The standard InChI is InChI=1S/C22H23N3O4S/c26-21-12-11-20(23-25(21)18-9-5-2-6-10-18)22(27)24(15-17-7-3-1-4-8-17)19-13-14-30(28,29)16-19/h1-10,19H,11-16H2/t19-/m0/s1. The van der Waals surface area contributed by atoms with Crippen LogP contribution in [0.2, 0.25) is 0 Å². The third kappa shape index (κ3) is 4.43. The van der Waals surface area contributed by atoms with Crippen LogP contribution in [0, 0.1) is 0 Å². The van der Waals surface area contributed by atoms with Crippen LogP contribution in [-0.4, -0.2) is 48.4 Å². The summed E-state index contributed by atoms with van der Waals surface area (Å²) in [7, 11) is -3.16. The Morgan fingerprint density at radius 3 is 2.33 bits per heavy atom. The Labute approximate surface area is 175 Å². The predicted molar refractivity (Wildman–Crippen MR) is 115 cm³/mol. The van der Waals surface area contributed by atoms with E-state index in [2.05, 4.69) is 5.10 Å². The van der Waals surface area contributed by atoms with Crippen molar-refractivity contribution < 1.29 is 18.0 Å². The third-order valence-corrected chi connectivity index (χ3v) is 7.14. The average Bonchev–Trinajstić information content (AvgIpc) is 3.12. The highest BCUT2D eigenvalue weighted by Gasteiger charge is 2.37. The van der Waals surface area contributed by atoms with E-state index in [0.717, 1.165) is 5.56 Å². The fourth-order valence-electron chi connectivity index (χ4n) is 3.81. The van der Waals surface area contributed by atoms with Crippen LogP contribution in [0.5, 0.6) is 0 Å². The molecular formula is C22H23N3O4S. The Balaban J connectivity index is 1.64. The lowest BCUT2D eigenvalue weighted by molar-refractivity contribution is -0.126. The van der Waals surface area contributed by atoms with Gasteiger partial charge in [-0.3, -0.25) is 9.59 Å². The lowest BCUT2D eigenvalue weighted by Crippen LogP contribution is -2.46. The first-order chi connectivity index (χ1) is 14.4. The van der Waals surface area contributed by atoms with Gasteiger partial charge in [-0.2, -0.15) is 5.10 Å². The predicted octanol–water partition coefficient (Wildman–Crippen LogP) is 2.39. The van der Waals surface area contributed by atoms with Crippen LogP contribution in [0.3, 0.4) is 0 Å². The van der Waals surface area contributed by atoms with Crippen molar-refractivity contribution in [3.05, 3.63) is 66.2 Å². The molecule has 2 heterocycles. The van der Waals surface area contributed by atoms with Gasteiger partial charge in [0.2, 0.25) is 5.91 Å². The molecule has 0 radical (unpaired) electrons. The van der Waals surface area contributed by atoms with E-state index in [0.29, 0.717) is 18.7 Å². The molecule has 156 valence electrons. The fourth-order valence-corrected chi connectivity index (χ4v) is 5.54. The molecule has 0 saturated carbocycles. The molecule has 2 aliphatic heterocycles. The Morgan fingerprint density at radius 2 is 1.70 bits per heavy atom. The molecule has 2 amide bonds. The number of rotatable bonds is 5. The number of carbonyl (C=O) groups is 2. The van der Waals surface area contributed by atoms with Gasteiger partial charge in [0, 0.05) is 25.4 Å². The maximum Gasteiger partial charge on any atom is 0.270 e. The van der Waals surface area contributed by atoms with Crippen molar-refractivity contribution in [2.75, 3.05) is 16.5 Å². The summed E-state index contributed by atoms with van der Waals surface area (Å²) >= 11 is 0. The minimum absolute atomic E-state index is 0.0415. The number of carbonyl (C=O) groups excluding carboxylic acids is 2. The van der Waals surface area contributed by atoms with Crippen LogP contribution in [0.4, 0.5) is 5.69 Å². The summed E-state index contributed by atoms with van der Waals surface area (Å²) in [5.41, 5.74) is 1.80. The summed E-state index contributed by atoms with van der Waals surface area (Å²) in [6.07, 6.45) is 0.836. The smallest absolute Gasteiger partial charge is 0.270 e. The molecule has 0 unspecified atom stereocenters. The van der Waals surface area contributed by atoms with Crippen LogP contribution in [0.1, 0.15) is 24.8 Å². The van der Waals surface area contributed by atoms with E-state index in [-0.39, 0.29) is 41.9 Å². The van der Waals surface area contributed by atoms with Gasteiger partial charge in [0.1, 0.15) is 5.71 Å². The maximum atomic E-state index is 13.4. The average molecular weight is 426 g/mol. The Bertz CT molecular complexity index is 1070. The molecule has 0 spiro atoms. The molecular weight excluding hydrogens is 402 g/mol. The van der Waals surface area contributed by atoms with Crippen LogP contribution in [0.15, 0.2) is 65.8 Å². The number of hydrazone groups is 1. The number of benzene rings is 2. The molecule has 2 aliphatic rings. The molecule has 2 aromatic rings. The molecule has 1 atom stereocenters. The Morgan fingerprint density at radius 1 is 1.03 bits per heavy atom. The lowest BCUT2D eigenvalue weighted by atomic mass is 10.1.